The molecule has 3 aromatic carbocycles. The number of nitrogens with zero attached hydrogens (tertiary/aromatic N) is 3. The fourth-order valence-corrected chi connectivity index (χ4v) is 8.96. The van der Waals surface area contributed by atoms with Crippen LogP contribution in [0.25, 0.3) is 44.5 Å². The van der Waals surface area contributed by atoms with Gasteiger partial charge in [-0.05, 0) is 98.0 Å². The number of H-pyrrole nitrogens is 2. The average Bonchev–Trinajstić information content (AvgIpc) is 4.01. The van der Waals surface area contributed by atoms with E-state index in [1.165, 1.54) is 7.11 Å². The molecule has 2 aromatic heterocycles. The number of carbonyl (C=O) groups excluding carboxylic acids is 1. The zero-order valence-corrected chi connectivity index (χ0v) is 32.4. The second kappa shape index (κ2) is 15.3. The maximum absolute atomic E-state index is 16.2. The van der Waals surface area contributed by atoms with Crippen molar-refractivity contribution in [1.29, 1.82) is 0 Å². The zero-order valence-electron chi connectivity index (χ0n) is 30.0. The molecule has 0 radical (unpaired) electrons. The first kappa shape index (κ1) is 40.4. The summed E-state index contributed by atoms with van der Waals surface area (Å²) in [5.41, 5.74) is 5.18. The predicted molar refractivity (Wildman–Crippen MR) is 211 cm³/mol. The van der Waals surface area contributed by atoms with E-state index in [1.807, 2.05) is 30.3 Å². The maximum atomic E-state index is 16.2. The summed E-state index contributed by atoms with van der Waals surface area (Å²) in [6.45, 7) is 2.61. The Bertz CT molecular complexity index is 2240. The highest BCUT2D eigenvalue weighted by molar-refractivity contribution is 5.89. The number of halogens is 5. The topological polar surface area (TPSA) is 148 Å². The first-order valence-corrected chi connectivity index (χ1v) is 17.9. The van der Waals surface area contributed by atoms with Gasteiger partial charge in [0.2, 0.25) is 5.91 Å². The van der Waals surface area contributed by atoms with E-state index in [-0.39, 0.29) is 78.3 Å². The molecule has 2 amide bonds. The normalized spacial score (nSPS) is 22.6. The van der Waals surface area contributed by atoms with E-state index in [2.05, 4.69) is 25.6 Å². The maximum Gasteiger partial charge on any atom is 0.405 e. The van der Waals surface area contributed by atoms with Gasteiger partial charge < -0.3 is 35.3 Å². The van der Waals surface area contributed by atoms with E-state index >= 15 is 8.78 Å². The number of carbonyl (C=O) groups is 2. The Hall–Kier alpha value is -4.27. The fourth-order valence-electron chi connectivity index (χ4n) is 8.96. The van der Waals surface area contributed by atoms with Crippen molar-refractivity contribution in [2.75, 3.05) is 13.7 Å². The average molecular weight is 817 g/mol. The lowest BCUT2D eigenvalue weighted by atomic mass is 9.97. The molecule has 4 aliphatic rings. The van der Waals surface area contributed by atoms with Gasteiger partial charge in [0.05, 0.1) is 41.1 Å². The molecule has 9 rings (SSSR count). The number of amides is 2. The molecule has 5 aromatic rings. The minimum Gasteiger partial charge on any atom is -0.465 e. The monoisotopic (exact) mass is 815 g/mol. The number of ether oxygens (including phenoxy) is 1. The summed E-state index contributed by atoms with van der Waals surface area (Å²) in [7, 11) is 1.45. The minimum atomic E-state index is -3.19. The van der Waals surface area contributed by atoms with Gasteiger partial charge >= 0.3 is 6.09 Å². The summed E-state index contributed by atoms with van der Waals surface area (Å²) in [5.74, 6) is -1.89. The van der Waals surface area contributed by atoms with Gasteiger partial charge in [-0.15, -0.1) is 37.2 Å². The second-order valence-corrected chi connectivity index (χ2v) is 14.6. The lowest BCUT2D eigenvalue weighted by molar-refractivity contribution is -0.141. The highest BCUT2D eigenvalue weighted by Gasteiger charge is 2.52. The molecule has 5 N–H and O–H groups in total. The van der Waals surface area contributed by atoms with E-state index in [0.29, 0.717) is 39.3 Å². The van der Waals surface area contributed by atoms with Crippen LogP contribution in [-0.4, -0.2) is 73.8 Å². The van der Waals surface area contributed by atoms with Crippen LogP contribution >= 0.6 is 37.2 Å². The van der Waals surface area contributed by atoms with Crippen LogP contribution in [0.2, 0.25) is 0 Å². The lowest BCUT2D eigenvalue weighted by Crippen LogP contribution is -2.56. The van der Waals surface area contributed by atoms with Gasteiger partial charge in [0.1, 0.15) is 17.7 Å². The van der Waals surface area contributed by atoms with Crippen LogP contribution in [0.3, 0.4) is 0 Å². The van der Waals surface area contributed by atoms with Crippen molar-refractivity contribution in [3.05, 3.63) is 83.6 Å². The van der Waals surface area contributed by atoms with E-state index in [9.17, 15) is 14.7 Å². The van der Waals surface area contributed by atoms with Gasteiger partial charge in [-0.2, -0.15) is 8.78 Å². The predicted octanol–water partition coefficient (Wildman–Crippen LogP) is 8.15. The summed E-state index contributed by atoms with van der Waals surface area (Å²) >= 11 is 0. The van der Waals surface area contributed by atoms with Gasteiger partial charge in [0.15, 0.2) is 0 Å². The van der Waals surface area contributed by atoms with Crippen molar-refractivity contribution in [2.45, 2.75) is 75.2 Å². The summed E-state index contributed by atoms with van der Waals surface area (Å²) < 4.78 is 37.9. The SMILES string of the molecule is CO[C@H](C)[C@H](NC(=O)O)C(=O)N1[C@@H]2CC[C@H](C2)[C@H]1c1nc2ccc(-c3ccc4c(c3)C(F)(F)c3cc(-c5cnc([C@@H]6CCCN6)[nH]5)ccc3-4)cc2[nH]1.Cl.Cl.Cl. The number of hydrogen-bond donors (Lipinski definition) is 5. The smallest absolute Gasteiger partial charge is 0.405 e. The number of carboxylic acid groups (broad SMARTS) is 1. The molecule has 292 valence electrons. The first-order valence-electron chi connectivity index (χ1n) is 17.9. The van der Waals surface area contributed by atoms with Crippen LogP contribution in [-0.2, 0) is 15.5 Å². The van der Waals surface area contributed by atoms with Crippen LogP contribution in [0, 0.1) is 5.92 Å². The fraction of sp³-hybridized carbons (Fsp3) is 0.385. The van der Waals surface area contributed by atoms with Crippen molar-refractivity contribution < 1.29 is 28.2 Å². The Morgan fingerprint density at radius 1 is 0.945 bits per heavy atom. The quantitative estimate of drug-likeness (QED) is 0.106. The first-order chi connectivity index (χ1) is 25.1. The number of rotatable bonds is 8. The molecule has 2 bridgehead atoms. The molecule has 2 aliphatic heterocycles. The summed E-state index contributed by atoms with van der Waals surface area (Å²) in [6, 6.07) is 14.8. The van der Waals surface area contributed by atoms with Crippen LogP contribution in [0.4, 0.5) is 13.6 Å². The van der Waals surface area contributed by atoms with Crippen LogP contribution in [0.15, 0.2) is 60.8 Å². The van der Waals surface area contributed by atoms with Gasteiger partial charge in [0.25, 0.3) is 5.92 Å². The number of alkyl halides is 2. The number of piperidine rings is 1. The molecule has 0 spiro atoms. The largest absolute Gasteiger partial charge is 0.465 e. The number of fused-ring (bicyclic) bond motifs is 6. The minimum absolute atomic E-state index is 0. The second-order valence-electron chi connectivity index (χ2n) is 14.6. The van der Waals surface area contributed by atoms with Gasteiger partial charge in [0, 0.05) is 29.8 Å². The summed E-state index contributed by atoms with van der Waals surface area (Å²) in [5, 5.41) is 15.2. The van der Waals surface area contributed by atoms with Crippen LogP contribution in [0.1, 0.15) is 73.9 Å². The number of aromatic amines is 2. The number of methoxy groups -OCH3 is 1. The van der Waals surface area contributed by atoms with E-state index in [4.69, 9.17) is 9.72 Å². The van der Waals surface area contributed by atoms with Crippen LogP contribution < -0.4 is 10.6 Å². The third-order valence-corrected chi connectivity index (χ3v) is 11.6. The zero-order chi connectivity index (χ0) is 35.9. The molecular weight excluding hydrogens is 775 g/mol. The molecule has 3 fully saturated rings. The van der Waals surface area contributed by atoms with Gasteiger partial charge in [-0.1, -0.05) is 30.3 Å². The molecule has 11 nitrogen and oxygen atoms in total. The van der Waals surface area contributed by atoms with Crippen molar-refractivity contribution in [3.63, 3.8) is 0 Å². The number of likely N-dealkylation sites (tertiary alicyclic amines) is 1. The Morgan fingerprint density at radius 3 is 2.33 bits per heavy atom. The van der Waals surface area contributed by atoms with Gasteiger partial charge in [-0.25, -0.2) is 14.8 Å². The van der Waals surface area contributed by atoms with Crippen molar-refractivity contribution >= 4 is 60.3 Å². The Balaban J connectivity index is 0.00000171. The Labute approximate surface area is 334 Å². The highest BCUT2D eigenvalue weighted by Crippen LogP contribution is 2.53. The van der Waals surface area contributed by atoms with Crippen molar-refractivity contribution in [3.8, 4) is 33.5 Å². The Kier molecular flexibility index (Phi) is 11.3. The third kappa shape index (κ3) is 6.73. The number of nitrogens with one attached hydrogen (secondary N) is 4. The molecule has 55 heavy (non-hydrogen) atoms. The Morgan fingerprint density at radius 2 is 1.64 bits per heavy atom. The van der Waals surface area contributed by atoms with E-state index in [0.717, 1.165) is 55.6 Å². The van der Waals surface area contributed by atoms with E-state index < -0.39 is 24.2 Å². The van der Waals surface area contributed by atoms with Gasteiger partial charge in [-0.3, -0.25) is 4.79 Å². The number of hydrogen-bond acceptors (Lipinski definition) is 6. The molecule has 2 aliphatic carbocycles. The lowest BCUT2D eigenvalue weighted by Gasteiger charge is -2.37. The van der Waals surface area contributed by atoms with Crippen molar-refractivity contribution in [2.24, 2.45) is 5.92 Å². The number of benzene rings is 3. The molecule has 4 heterocycles. The molecule has 6 atom stereocenters. The molecule has 1 saturated carbocycles. The number of imidazole rings is 2. The van der Waals surface area contributed by atoms with Crippen molar-refractivity contribution in [1.82, 2.24) is 35.5 Å². The summed E-state index contributed by atoms with van der Waals surface area (Å²) in [4.78, 5) is 43.4. The highest BCUT2D eigenvalue weighted by atomic mass is 35.5. The molecule has 16 heteroatoms. The number of aromatic nitrogens is 4. The molecule has 0 unspecified atom stereocenters. The third-order valence-electron chi connectivity index (χ3n) is 11.6. The summed E-state index contributed by atoms with van der Waals surface area (Å²) in [6.07, 6.45) is 4.42. The standard InChI is InChI=1S/C39H39F2N7O4.3ClH/c1-19(52-2)33(47-38(50)51)37(49)48-24-9-5-23(14-24)34(48)36-44-29-12-8-21(17-31(29)45-36)20-6-10-25-26-11-7-22(16-28(26)39(40,41)27(25)15-20)32-18-43-35(46-32)30-4-3-13-42-30;;;/h6-8,10-12,15-19,23-24,30,33-34,42,47H,3-5,9,13-14H2,1-2H3,(H,43,46)(H,44,45)(H,50,51);3*1H/t19-,23-,24-,30+,33+,34+;;;/m1.../s1. The van der Waals surface area contributed by atoms with E-state index in [1.54, 1.807) is 42.3 Å². The molecule has 2 saturated heterocycles. The molecular formula is C39H42Cl3F2N7O4. The van der Waals surface area contributed by atoms with Crippen LogP contribution in [0.5, 0.6) is 0 Å².